The lowest BCUT2D eigenvalue weighted by Crippen LogP contribution is -2.30. The zero-order chi connectivity index (χ0) is 22.7. The van der Waals surface area contributed by atoms with Crippen molar-refractivity contribution in [3.05, 3.63) is 82.4 Å². The van der Waals surface area contributed by atoms with Crippen LogP contribution >= 0.6 is 0 Å². The van der Waals surface area contributed by atoms with Crippen molar-refractivity contribution < 1.29 is 27.6 Å². The Morgan fingerprint density at radius 3 is 2.25 bits per heavy atom. The van der Waals surface area contributed by atoms with Crippen LogP contribution in [0.15, 0.2) is 71.6 Å². The molecule has 0 saturated carbocycles. The summed E-state index contributed by atoms with van der Waals surface area (Å²) in [5.41, 5.74) is 0.936. The molecule has 3 aromatic carbocycles. The van der Waals surface area contributed by atoms with Gasteiger partial charge in [-0.25, -0.2) is 8.42 Å². The number of ether oxygens (including phenoxy) is 3. The van der Waals surface area contributed by atoms with Crippen LogP contribution in [-0.2, 0) is 16.6 Å². The predicted molar refractivity (Wildman–Crippen MR) is 117 cm³/mol. The third-order valence-corrected chi connectivity index (χ3v) is 6.71. The molecule has 0 N–H and O–H groups in total. The van der Waals surface area contributed by atoms with Gasteiger partial charge in [0, 0.05) is 18.2 Å². The molecule has 0 unspecified atom stereocenters. The number of nitro benzene ring substituents is 1. The van der Waals surface area contributed by atoms with Gasteiger partial charge in [-0.05, 0) is 42.0 Å². The van der Waals surface area contributed by atoms with E-state index in [0.717, 1.165) is 0 Å². The number of non-ortho nitro benzene ring substituents is 1. The molecule has 0 aliphatic carbocycles. The molecule has 0 aromatic heterocycles. The number of anilines is 1. The number of fused-ring (bicyclic) bond motifs is 1. The molecule has 32 heavy (non-hydrogen) atoms. The van der Waals surface area contributed by atoms with E-state index < -0.39 is 14.9 Å². The monoisotopic (exact) mass is 456 g/mol. The Bertz CT molecular complexity index is 1230. The zero-order valence-corrected chi connectivity index (χ0v) is 17.9. The van der Waals surface area contributed by atoms with E-state index in [0.29, 0.717) is 41.7 Å². The summed E-state index contributed by atoms with van der Waals surface area (Å²) >= 11 is 0. The fourth-order valence-electron chi connectivity index (χ4n) is 3.26. The lowest BCUT2D eigenvalue weighted by atomic mass is 10.2. The first-order valence-corrected chi connectivity index (χ1v) is 11.1. The second kappa shape index (κ2) is 8.75. The van der Waals surface area contributed by atoms with Crippen LogP contribution in [0.3, 0.4) is 0 Å². The Kier molecular flexibility index (Phi) is 5.87. The first-order chi connectivity index (χ1) is 15.4. The Morgan fingerprint density at radius 1 is 0.969 bits per heavy atom. The van der Waals surface area contributed by atoms with Crippen molar-refractivity contribution in [3.8, 4) is 17.2 Å². The van der Waals surface area contributed by atoms with Crippen LogP contribution in [0.2, 0.25) is 0 Å². The minimum atomic E-state index is -4.01. The number of nitro groups is 1. The van der Waals surface area contributed by atoms with Gasteiger partial charge < -0.3 is 14.2 Å². The van der Waals surface area contributed by atoms with E-state index >= 15 is 0 Å². The van der Waals surface area contributed by atoms with E-state index in [4.69, 9.17) is 14.2 Å². The molecular formula is C22H20N2O7S. The van der Waals surface area contributed by atoms with Crippen molar-refractivity contribution in [2.45, 2.75) is 11.4 Å². The molecule has 0 bridgehead atoms. The van der Waals surface area contributed by atoms with E-state index in [-0.39, 0.29) is 17.1 Å². The average Bonchev–Trinajstić information content (AvgIpc) is 2.82. The van der Waals surface area contributed by atoms with E-state index in [1.807, 2.05) is 0 Å². The highest BCUT2D eigenvalue weighted by molar-refractivity contribution is 7.92. The summed E-state index contributed by atoms with van der Waals surface area (Å²) in [5, 5.41) is 10.9. The number of benzene rings is 3. The lowest BCUT2D eigenvalue weighted by molar-refractivity contribution is -0.384. The Morgan fingerprint density at radius 2 is 1.62 bits per heavy atom. The van der Waals surface area contributed by atoms with E-state index in [1.54, 1.807) is 30.3 Å². The minimum Gasteiger partial charge on any atom is -0.497 e. The number of sulfonamides is 1. The van der Waals surface area contributed by atoms with Crippen molar-refractivity contribution in [3.63, 3.8) is 0 Å². The molecule has 0 saturated heterocycles. The average molecular weight is 456 g/mol. The van der Waals surface area contributed by atoms with Crippen LogP contribution in [0.1, 0.15) is 5.56 Å². The van der Waals surface area contributed by atoms with E-state index in [2.05, 4.69) is 0 Å². The van der Waals surface area contributed by atoms with Gasteiger partial charge >= 0.3 is 0 Å². The fourth-order valence-corrected chi connectivity index (χ4v) is 4.73. The van der Waals surface area contributed by atoms with Gasteiger partial charge in [0.05, 0.1) is 29.2 Å². The summed E-state index contributed by atoms with van der Waals surface area (Å²) in [6.07, 6.45) is 0. The molecule has 3 aromatic rings. The summed E-state index contributed by atoms with van der Waals surface area (Å²) in [6.45, 7) is 0.708. The molecule has 4 rings (SSSR count). The number of rotatable bonds is 7. The Balaban J connectivity index is 1.74. The standard InChI is InChI=1S/C22H20N2O7S/c1-29-19-8-6-17(7-9-19)23(15-16-2-4-18(5-3-16)24(25)26)32(27,28)20-10-11-21-22(14-20)31-13-12-30-21/h2-11,14H,12-13,15H2,1H3. The normalized spacial score (nSPS) is 12.8. The Labute approximate surface area is 185 Å². The second-order valence-corrected chi connectivity index (χ2v) is 8.80. The van der Waals surface area contributed by atoms with Crippen molar-refractivity contribution in [2.75, 3.05) is 24.6 Å². The highest BCUT2D eigenvalue weighted by atomic mass is 32.2. The van der Waals surface area contributed by atoms with Crippen LogP contribution in [0.25, 0.3) is 0 Å². The van der Waals surface area contributed by atoms with Crippen molar-refractivity contribution >= 4 is 21.4 Å². The Hall–Kier alpha value is -3.79. The highest BCUT2D eigenvalue weighted by Gasteiger charge is 2.27. The third kappa shape index (κ3) is 4.30. The summed E-state index contributed by atoms with van der Waals surface area (Å²) in [4.78, 5) is 10.5. The van der Waals surface area contributed by atoms with Crippen LogP contribution in [0.4, 0.5) is 11.4 Å². The van der Waals surface area contributed by atoms with E-state index in [9.17, 15) is 18.5 Å². The predicted octanol–water partition coefficient (Wildman–Crippen LogP) is 3.77. The van der Waals surface area contributed by atoms with Gasteiger partial charge in [-0.2, -0.15) is 0 Å². The van der Waals surface area contributed by atoms with Crippen LogP contribution in [-0.4, -0.2) is 33.7 Å². The van der Waals surface area contributed by atoms with Gasteiger partial charge in [0.1, 0.15) is 19.0 Å². The molecular weight excluding hydrogens is 436 g/mol. The smallest absolute Gasteiger partial charge is 0.269 e. The number of hydrogen-bond acceptors (Lipinski definition) is 7. The molecule has 1 aliphatic rings. The SMILES string of the molecule is COc1ccc(N(Cc2ccc([N+](=O)[O-])cc2)S(=O)(=O)c2ccc3c(c2)OCCO3)cc1. The van der Waals surface area contributed by atoms with Gasteiger partial charge in [0.15, 0.2) is 11.5 Å². The quantitative estimate of drug-likeness (QED) is 0.393. The summed E-state index contributed by atoms with van der Waals surface area (Å²) in [7, 11) is -2.49. The maximum Gasteiger partial charge on any atom is 0.269 e. The number of methoxy groups -OCH3 is 1. The molecule has 10 heteroatoms. The lowest BCUT2D eigenvalue weighted by Gasteiger charge is -2.26. The van der Waals surface area contributed by atoms with Gasteiger partial charge in [0.25, 0.3) is 15.7 Å². The molecule has 0 amide bonds. The molecule has 9 nitrogen and oxygen atoms in total. The zero-order valence-electron chi connectivity index (χ0n) is 17.1. The molecule has 0 fully saturated rings. The summed E-state index contributed by atoms with van der Waals surface area (Å²) < 4.78 is 44.7. The minimum absolute atomic E-state index is 0.0267. The van der Waals surface area contributed by atoms with Gasteiger partial charge in [-0.3, -0.25) is 14.4 Å². The van der Waals surface area contributed by atoms with Gasteiger partial charge in [0.2, 0.25) is 0 Å². The maximum absolute atomic E-state index is 13.6. The molecule has 1 heterocycles. The summed E-state index contributed by atoms with van der Waals surface area (Å²) in [6, 6.07) is 16.8. The molecule has 1 aliphatic heterocycles. The largest absolute Gasteiger partial charge is 0.497 e. The van der Waals surface area contributed by atoms with Crippen LogP contribution < -0.4 is 18.5 Å². The molecule has 0 radical (unpaired) electrons. The van der Waals surface area contributed by atoms with Crippen molar-refractivity contribution in [1.29, 1.82) is 0 Å². The molecule has 166 valence electrons. The fraction of sp³-hybridized carbons (Fsp3) is 0.182. The van der Waals surface area contributed by atoms with Crippen molar-refractivity contribution in [1.82, 2.24) is 0 Å². The highest BCUT2D eigenvalue weighted by Crippen LogP contribution is 2.35. The van der Waals surface area contributed by atoms with Crippen molar-refractivity contribution in [2.24, 2.45) is 0 Å². The van der Waals surface area contributed by atoms with Gasteiger partial charge in [-0.1, -0.05) is 12.1 Å². The first kappa shape index (κ1) is 21.4. The third-order valence-electron chi connectivity index (χ3n) is 4.94. The van der Waals surface area contributed by atoms with Crippen LogP contribution in [0.5, 0.6) is 17.2 Å². The topological polar surface area (TPSA) is 108 Å². The number of nitrogens with zero attached hydrogens (tertiary/aromatic N) is 2. The van der Waals surface area contributed by atoms with E-state index in [1.165, 1.54) is 47.8 Å². The number of hydrogen-bond donors (Lipinski definition) is 0. The summed E-state index contributed by atoms with van der Waals surface area (Å²) in [5.74, 6) is 1.43. The maximum atomic E-state index is 13.6. The van der Waals surface area contributed by atoms with Crippen LogP contribution in [0, 0.1) is 10.1 Å². The molecule has 0 spiro atoms. The van der Waals surface area contributed by atoms with Gasteiger partial charge in [-0.15, -0.1) is 0 Å². The first-order valence-electron chi connectivity index (χ1n) is 9.68. The second-order valence-electron chi connectivity index (χ2n) is 6.94. The molecule has 0 atom stereocenters.